The Morgan fingerprint density at radius 3 is 1.22 bits per heavy atom. The maximum Gasteiger partial charge on any atom is -0.00262 e. The summed E-state index contributed by atoms with van der Waals surface area (Å²) in [5.74, 6) is 0. The van der Waals surface area contributed by atoms with Crippen molar-refractivity contribution in [1.29, 1.82) is 0 Å². The first-order valence-corrected chi connectivity index (χ1v) is 14.3. The van der Waals surface area contributed by atoms with Crippen molar-refractivity contribution in [3.8, 4) is 33.4 Å². The molecule has 0 atom stereocenters. The molecular weight excluding hydrogens is 492 g/mol. The van der Waals surface area contributed by atoms with E-state index < -0.39 is 0 Å². The zero-order valence-electron chi connectivity index (χ0n) is 22.9. The smallest absolute Gasteiger partial charge is 0.00262 e. The molecule has 192 valence electrons. The van der Waals surface area contributed by atoms with Crippen molar-refractivity contribution in [3.05, 3.63) is 157 Å². The van der Waals surface area contributed by atoms with Crippen molar-refractivity contribution in [2.24, 2.45) is 0 Å². The molecular formula is C41H28. The fourth-order valence-electron chi connectivity index (χ4n) is 6.42. The molecule has 0 heterocycles. The quantitative estimate of drug-likeness (QED) is 0.203. The number of hydrogen-bond donors (Lipinski definition) is 0. The summed E-state index contributed by atoms with van der Waals surface area (Å²) in [4.78, 5) is 0. The summed E-state index contributed by atoms with van der Waals surface area (Å²) in [7, 11) is 0. The minimum Gasteiger partial charge on any atom is -0.0616 e. The molecule has 8 rings (SSSR count). The van der Waals surface area contributed by atoms with Gasteiger partial charge in [-0.25, -0.2) is 0 Å². The van der Waals surface area contributed by atoms with E-state index in [2.05, 4.69) is 159 Å². The molecule has 0 spiro atoms. The monoisotopic (exact) mass is 520 g/mol. The summed E-state index contributed by atoms with van der Waals surface area (Å²) in [6, 6.07) is 55.8. The van der Waals surface area contributed by atoms with Crippen LogP contribution in [-0.2, 0) is 0 Å². The molecule has 0 nitrogen and oxygen atoms in total. The van der Waals surface area contributed by atoms with Crippen LogP contribution >= 0.6 is 0 Å². The third-order valence-corrected chi connectivity index (χ3v) is 8.48. The van der Waals surface area contributed by atoms with Crippen LogP contribution in [0.25, 0.3) is 76.5 Å². The third-order valence-electron chi connectivity index (χ3n) is 8.48. The molecule has 0 saturated carbocycles. The molecule has 0 saturated heterocycles. The van der Waals surface area contributed by atoms with E-state index in [0.717, 1.165) is 0 Å². The summed E-state index contributed by atoms with van der Waals surface area (Å²) in [6.45, 7) is 2.15. The lowest BCUT2D eigenvalue weighted by atomic mass is 9.85. The average molecular weight is 521 g/mol. The van der Waals surface area contributed by atoms with Crippen LogP contribution in [0, 0.1) is 6.92 Å². The molecule has 0 radical (unpaired) electrons. The van der Waals surface area contributed by atoms with E-state index in [0.29, 0.717) is 0 Å². The Bertz CT molecular complexity index is 2190. The van der Waals surface area contributed by atoms with E-state index in [1.165, 1.54) is 82.0 Å². The van der Waals surface area contributed by atoms with E-state index >= 15 is 0 Å². The van der Waals surface area contributed by atoms with Gasteiger partial charge >= 0.3 is 0 Å². The van der Waals surface area contributed by atoms with E-state index in [1.54, 1.807) is 0 Å². The van der Waals surface area contributed by atoms with Gasteiger partial charge in [0.15, 0.2) is 0 Å². The SMILES string of the molecule is Cc1ccc(-c2c3ccccc3c(-c3ccc4cc(-c5ccc6ccccc6c5)ccc4c3)c3ccccc23)cc1. The minimum absolute atomic E-state index is 1.24. The molecule has 0 heteroatoms. The molecule has 0 N–H and O–H groups in total. The number of benzene rings is 8. The van der Waals surface area contributed by atoms with E-state index in [9.17, 15) is 0 Å². The molecule has 0 bridgehead atoms. The van der Waals surface area contributed by atoms with E-state index in [-0.39, 0.29) is 0 Å². The van der Waals surface area contributed by atoms with Crippen LogP contribution in [0.1, 0.15) is 5.56 Å². The summed E-state index contributed by atoms with van der Waals surface area (Å²) >= 11 is 0. The third kappa shape index (κ3) is 4.00. The van der Waals surface area contributed by atoms with Gasteiger partial charge in [0.25, 0.3) is 0 Å². The molecule has 0 aliphatic carbocycles. The molecule has 41 heavy (non-hydrogen) atoms. The highest BCUT2D eigenvalue weighted by Gasteiger charge is 2.16. The first-order chi connectivity index (χ1) is 20.2. The molecule has 8 aromatic carbocycles. The van der Waals surface area contributed by atoms with Gasteiger partial charge in [-0.15, -0.1) is 0 Å². The Labute approximate surface area is 240 Å². The van der Waals surface area contributed by atoms with Crippen molar-refractivity contribution in [1.82, 2.24) is 0 Å². The summed E-state index contributed by atoms with van der Waals surface area (Å²) in [6.07, 6.45) is 0. The molecule has 8 aromatic rings. The van der Waals surface area contributed by atoms with Gasteiger partial charge in [-0.05, 0) is 102 Å². The van der Waals surface area contributed by atoms with Crippen LogP contribution in [0.3, 0.4) is 0 Å². The molecule has 0 fully saturated rings. The zero-order valence-corrected chi connectivity index (χ0v) is 22.9. The minimum atomic E-state index is 1.24. The van der Waals surface area contributed by atoms with E-state index in [4.69, 9.17) is 0 Å². The van der Waals surface area contributed by atoms with Crippen LogP contribution < -0.4 is 0 Å². The molecule has 0 aliphatic rings. The van der Waals surface area contributed by atoms with Crippen molar-refractivity contribution in [3.63, 3.8) is 0 Å². The van der Waals surface area contributed by atoms with Crippen LogP contribution in [0.15, 0.2) is 152 Å². The zero-order chi connectivity index (χ0) is 27.3. The first-order valence-electron chi connectivity index (χ1n) is 14.3. The van der Waals surface area contributed by atoms with E-state index in [1.807, 2.05) is 0 Å². The Kier molecular flexibility index (Phi) is 5.47. The van der Waals surface area contributed by atoms with Gasteiger partial charge < -0.3 is 0 Å². The number of hydrogen-bond acceptors (Lipinski definition) is 0. The second-order valence-corrected chi connectivity index (χ2v) is 11.0. The number of rotatable bonds is 3. The lowest BCUT2D eigenvalue weighted by Crippen LogP contribution is -1.91. The van der Waals surface area contributed by atoms with Crippen molar-refractivity contribution in [2.45, 2.75) is 6.92 Å². The Hall–Kier alpha value is -5.20. The molecule has 0 aliphatic heterocycles. The van der Waals surface area contributed by atoms with Gasteiger partial charge in [0, 0.05) is 0 Å². The largest absolute Gasteiger partial charge is 0.0616 e. The van der Waals surface area contributed by atoms with Gasteiger partial charge in [0.2, 0.25) is 0 Å². The van der Waals surface area contributed by atoms with Crippen molar-refractivity contribution in [2.75, 3.05) is 0 Å². The molecule has 0 aromatic heterocycles. The van der Waals surface area contributed by atoms with Gasteiger partial charge in [0.05, 0.1) is 0 Å². The fraction of sp³-hybridized carbons (Fsp3) is 0.0244. The number of fused-ring (bicyclic) bond motifs is 4. The second-order valence-electron chi connectivity index (χ2n) is 11.0. The predicted octanol–water partition coefficient (Wildman–Crippen LogP) is 11.6. The van der Waals surface area contributed by atoms with Crippen LogP contribution in [-0.4, -0.2) is 0 Å². The van der Waals surface area contributed by atoms with Crippen LogP contribution in [0.2, 0.25) is 0 Å². The standard InChI is InChI=1S/C41H28/c1-27-14-16-29(17-15-27)40-36-10-4-6-12-38(36)41(39-13-7-5-11-37(39)40)35-23-22-33-25-32(20-21-34(33)26-35)31-19-18-28-8-2-3-9-30(28)24-31/h2-26H,1H3. The normalized spacial score (nSPS) is 11.5. The number of aryl methyl sites for hydroxylation is 1. The van der Waals surface area contributed by atoms with Crippen LogP contribution in [0.5, 0.6) is 0 Å². The second kappa shape index (κ2) is 9.47. The highest BCUT2D eigenvalue weighted by molar-refractivity contribution is 6.21. The van der Waals surface area contributed by atoms with Gasteiger partial charge in [-0.1, -0.05) is 139 Å². The topological polar surface area (TPSA) is 0 Å². The van der Waals surface area contributed by atoms with Gasteiger partial charge in [-0.3, -0.25) is 0 Å². The highest BCUT2D eigenvalue weighted by atomic mass is 14.2. The maximum absolute atomic E-state index is 2.36. The molecule has 0 unspecified atom stereocenters. The summed E-state index contributed by atoms with van der Waals surface area (Å²) < 4.78 is 0. The Morgan fingerprint density at radius 1 is 0.293 bits per heavy atom. The lowest BCUT2D eigenvalue weighted by molar-refractivity contribution is 1.47. The predicted molar refractivity (Wildman–Crippen MR) is 178 cm³/mol. The average Bonchev–Trinajstić information content (AvgIpc) is 3.03. The van der Waals surface area contributed by atoms with Gasteiger partial charge in [0.1, 0.15) is 0 Å². The Morgan fingerprint density at radius 2 is 0.659 bits per heavy atom. The Balaban J connectivity index is 1.32. The van der Waals surface area contributed by atoms with Crippen molar-refractivity contribution < 1.29 is 0 Å². The first kappa shape index (κ1) is 23.7. The highest BCUT2D eigenvalue weighted by Crippen LogP contribution is 2.44. The van der Waals surface area contributed by atoms with Crippen LogP contribution in [0.4, 0.5) is 0 Å². The summed E-state index contributed by atoms with van der Waals surface area (Å²) in [5.41, 5.74) is 8.88. The molecule has 0 amide bonds. The van der Waals surface area contributed by atoms with Crippen molar-refractivity contribution >= 4 is 43.1 Å². The van der Waals surface area contributed by atoms with Gasteiger partial charge in [-0.2, -0.15) is 0 Å². The lowest BCUT2D eigenvalue weighted by Gasteiger charge is -2.18. The fourth-order valence-corrected chi connectivity index (χ4v) is 6.42. The summed E-state index contributed by atoms with van der Waals surface area (Å²) in [5, 5.41) is 10.2. The maximum atomic E-state index is 2.36.